The number of alkyl halides is 6. The molecule has 0 spiro atoms. The number of ether oxygens (including phenoxy) is 1. The number of hydrogen-bond acceptors (Lipinski definition) is 5. The number of rotatable bonds is 8. The summed E-state index contributed by atoms with van der Waals surface area (Å²) in [6, 6.07) is 10.2. The molecule has 0 aliphatic carbocycles. The van der Waals surface area contributed by atoms with Gasteiger partial charge < -0.3 is 26.2 Å². The number of nitrogen functional groups attached to an aromatic ring is 1. The summed E-state index contributed by atoms with van der Waals surface area (Å²) >= 11 is 3.15. The zero-order valence-electron chi connectivity index (χ0n) is 19.3. The monoisotopic (exact) mass is 614 g/mol. The van der Waals surface area contributed by atoms with Gasteiger partial charge in [0.25, 0.3) is 0 Å². The molecule has 0 aliphatic rings. The van der Waals surface area contributed by atoms with Crippen molar-refractivity contribution in [3.05, 3.63) is 58.1 Å². The fourth-order valence-corrected chi connectivity index (χ4v) is 3.03. The highest BCUT2D eigenvalue weighted by Gasteiger charge is 2.38. The van der Waals surface area contributed by atoms with E-state index in [-0.39, 0.29) is 11.6 Å². The summed E-state index contributed by atoms with van der Waals surface area (Å²) < 4.78 is 73.6. The van der Waals surface area contributed by atoms with Crippen molar-refractivity contribution in [3.63, 3.8) is 0 Å². The lowest BCUT2D eigenvalue weighted by molar-refractivity contribution is -0.192. The van der Waals surface area contributed by atoms with E-state index in [0.29, 0.717) is 21.3 Å². The minimum absolute atomic E-state index is 0.0229. The highest BCUT2D eigenvalue weighted by atomic mass is 79.9. The van der Waals surface area contributed by atoms with Crippen LogP contribution in [0.1, 0.15) is 30.5 Å². The molecular weight excluding hydrogens is 594 g/mol. The Balaban J connectivity index is 0.000000905. The largest absolute Gasteiger partial charge is 0.490 e. The van der Waals surface area contributed by atoms with Crippen LogP contribution < -0.4 is 21.1 Å². The van der Waals surface area contributed by atoms with E-state index in [0.717, 1.165) is 0 Å². The minimum Gasteiger partial charge on any atom is -0.483 e. The Labute approximate surface area is 220 Å². The predicted molar refractivity (Wildman–Crippen MR) is 127 cm³/mol. The number of carboxylic acid groups (broad SMARTS) is 1. The normalized spacial score (nSPS) is 11.9. The molecule has 6 N–H and O–H groups in total. The summed E-state index contributed by atoms with van der Waals surface area (Å²) in [6.45, 7) is 0.262. The summed E-state index contributed by atoms with van der Waals surface area (Å²) in [7, 11) is 0. The smallest absolute Gasteiger partial charge is 0.483 e. The number of hydrogen-bond donors (Lipinski definition) is 5. The maximum atomic E-state index is 12.3. The molecule has 9 nitrogen and oxygen atoms in total. The van der Waals surface area contributed by atoms with Crippen LogP contribution in [-0.4, -0.2) is 47.7 Å². The maximum Gasteiger partial charge on any atom is 0.490 e. The van der Waals surface area contributed by atoms with E-state index in [1.165, 1.54) is 18.2 Å². The SMILES string of the molecule is CC(NC(=O)CC(=O)Nc1ccc(C(=N)N)cc1)c1ccc(OCC(F)(F)F)c(Br)c1.O=C(O)C(F)(F)F. The lowest BCUT2D eigenvalue weighted by Gasteiger charge is -2.16. The van der Waals surface area contributed by atoms with Crippen molar-refractivity contribution in [1.82, 2.24) is 5.32 Å². The Hall–Kier alpha value is -3.82. The summed E-state index contributed by atoms with van der Waals surface area (Å²) in [5.74, 6) is -3.89. The first kappa shape index (κ1) is 32.2. The number of carbonyl (C=O) groups is 3. The lowest BCUT2D eigenvalue weighted by Crippen LogP contribution is -2.30. The van der Waals surface area contributed by atoms with Crippen LogP contribution in [0.25, 0.3) is 0 Å². The highest BCUT2D eigenvalue weighted by molar-refractivity contribution is 9.10. The van der Waals surface area contributed by atoms with Crippen LogP contribution in [0, 0.1) is 5.41 Å². The topological polar surface area (TPSA) is 155 Å². The quantitative estimate of drug-likeness (QED) is 0.127. The van der Waals surface area contributed by atoms with E-state index >= 15 is 0 Å². The van der Waals surface area contributed by atoms with Gasteiger partial charge in [0.15, 0.2) is 6.61 Å². The zero-order chi connectivity index (χ0) is 29.3. The van der Waals surface area contributed by atoms with Crippen LogP contribution in [0.4, 0.5) is 32.0 Å². The third-order valence-electron chi connectivity index (χ3n) is 4.27. The fourth-order valence-electron chi connectivity index (χ4n) is 2.52. The molecule has 2 aromatic rings. The van der Waals surface area contributed by atoms with Crippen molar-refractivity contribution in [1.29, 1.82) is 5.41 Å². The van der Waals surface area contributed by atoms with E-state index in [2.05, 4.69) is 26.6 Å². The van der Waals surface area contributed by atoms with E-state index < -0.39 is 49.2 Å². The molecule has 0 fully saturated rings. The number of aliphatic carboxylic acids is 1. The molecule has 0 radical (unpaired) electrons. The van der Waals surface area contributed by atoms with Crippen LogP contribution in [0.2, 0.25) is 0 Å². The Kier molecular flexibility index (Phi) is 11.6. The van der Waals surface area contributed by atoms with Gasteiger partial charge in [-0.3, -0.25) is 15.0 Å². The highest BCUT2D eigenvalue weighted by Crippen LogP contribution is 2.30. The fraction of sp³-hybridized carbons (Fsp3) is 0.273. The Bertz CT molecular complexity index is 1160. The van der Waals surface area contributed by atoms with Gasteiger partial charge in [-0.2, -0.15) is 26.3 Å². The maximum absolute atomic E-state index is 12.3. The molecule has 2 aromatic carbocycles. The number of benzene rings is 2. The van der Waals surface area contributed by atoms with Crippen LogP contribution in [0.15, 0.2) is 46.9 Å². The number of carboxylic acids is 1. The van der Waals surface area contributed by atoms with Gasteiger partial charge in [-0.05, 0) is 64.8 Å². The van der Waals surface area contributed by atoms with Crippen molar-refractivity contribution < 1.29 is 50.6 Å². The molecule has 2 rings (SSSR count). The number of nitrogens with two attached hydrogens (primary N) is 1. The molecule has 16 heteroatoms. The van der Waals surface area contributed by atoms with E-state index in [9.17, 15) is 35.9 Å². The minimum atomic E-state index is -5.08. The molecule has 0 heterocycles. The van der Waals surface area contributed by atoms with Gasteiger partial charge in [0.05, 0.1) is 10.5 Å². The molecule has 38 heavy (non-hydrogen) atoms. The lowest BCUT2D eigenvalue weighted by atomic mass is 10.1. The molecule has 1 unspecified atom stereocenters. The first-order valence-electron chi connectivity index (χ1n) is 10.2. The average Bonchev–Trinajstić information content (AvgIpc) is 2.77. The van der Waals surface area contributed by atoms with E-state index in [1.807, 2.05) is 0 Å². The first-order chi connectivity index (χ1) is 17.4. The van der Waals surface area contributed by atoms with Crippen molar-refractivity contribution in [3.8, 4) is 5.75 Å². The second-order valence-corrected chi connectivity index (χ2v) is 8.26. The Morgan fingerprint density at radius 1 is 1.05 bits per heavy atom. The molecule has 0 bridgehead atoms. The van der Waals surface area contributed by atoms with Crippen molar-refractivity contribution >= 4 is 45.2 Å². The summed E-state index contributed by atoms with van der Waals surface area (Å²) in [6.07, 6.45) is -9.96. The number of nitrogens with one attached hydrogen (secondary N) is 3. The van der Waals surface area contributed by atoms with Gasteiger partial charge in [-0.25, -0.2) is 4.79 Å². The van der Waals surface area contributed by atoms with Gasteiger partial charge in [-0.15, -0.1) is 0 Å². The zero-order valence-corrected chi connectivity index (χ0v) is 20.9. The Morgan fingerprint density at radius 2 is 1.61 bits per heavy atom. The summed E-state index contributed by atoms with van der Waals surface area (Å²) in [5.41, 5.74) is 6.93. The number of halogens is 7. The van der Waals surface area contributed by atoms with Gasteiger partial charge in [-0.1, -0.05) is 6.07 Å². The van der Waals surface area contributed by atoms with E-state index in [4.69, 9.17) is 25.8 Å². The van der Waals surface area contributed by atoms with Crippen LogP contribution in [-0.2, 0) is 14.4 Å². The molecule has 1 atom stereocenters. The van der Waals surface area contributed by atoms with Crippen LogP contribution in [0.5, 0.6) is 5.75 Å². The molecule has 208 valence electrons. The number of anilines is 1. The summed E-state index contributed by atoms with van der Waals surface area (Å²) in [5, 5.41) is 19.7. The first-order valence-corrected chi connectivity index (χ1v) is 11.0. The third-order valence-corrected chi connectivity index (χ3v) is 4.89. The Morgan fingerprint density at radius 3 is 2.05 bits per heavy atom. The standard InChI is InChI=1S/C20H20BrF3N4O3.C2HF3O2/c1-11(13-4-7-16(15(21)8-13)31-10-20(22,23)24)27-17(29)9-18(30)28-14-5-2-12(3-6-14)19(25)26;3-2(4,5)1(6)7/h2-8,11H,9-10H2,1H3,(H3,25,26)(H,27,29)(H,28,30);(H,6,7). The van der Waals surface area contributed by atoms with Crippen LogP contribution in [0.3, 0.4) is 0 Å². The van der Waals surface area contributed by atoms with Gasteiger partial charge >= 0.3 is 18.3 Å². The second kappa shape index (κ2) is 13.6. The van der Waals surface area contributed by atoms with Crippen molar-refractivity contribution in [2.24, 2.45) is 5.73 Å². The molecule has 2 amide bonds. The van der Waals surface area contributed by atoms with Crippen molar-refractivity contribution in [2.45, 2.75) is 31.7 Å². The van der Waals surface area contributed by atoms with Gasteiger partial charge in [0.1, 0.15) is 18.0 Å². The van der Waals surface area contributed by atoms with E-state index in [1.54, 1.807) is 31.2 Å². The number of amidine groups is 1. The second-order valence-electron chi connectivity index (χ2n) is 7.40. The summed E-state index contributed by atoms with van der Waals surface area (Å²) in [4.78, 5) is 33.1. The third kappa shape index (κ3) is 11.9. The molecule has 0 saturated carbocycles. The van der Waals surface area contributed by atoms with Crippen LogP contribution >= 0.6 is 15.9 Å². The molecular formula is C22H21BrF6N4O5. The molecule has 0 aliphatic heterocycles. The molecule has 0 saturated heterocycles. The number of carbonyl (C=O) groups excluding carboxylic acids is 2. The number of amides is 2. The van der Waals surface area contributed by atoms with Crippen molar-refractivity contribution in [2.75, 3.05) is 11.9 Å². The van der Waals surface area contributed by atoms with Gasteiger partial charge in [0.2, 0.25) is 11.8 Å². The predicted octanol–water partition coefficient (Wildman–Crippen LogP) is 4.51. The van der Waals surface area contributed by atoms with Gasteiger partial charge in [0, 0.05) is 11.3 Å². The average molecular weight is 615 g/mol. The molecule has 0 aromatic heterocycles.